The number of sulfonamides is 1. The molecule has 0 aliphatic carbocycles. The molecule has 1 atom stereocenters. The summed E-state index contributed by atoms with van der Waals surface area (Å²) in [5.41, 5.74) is 0.501. The molecule has 6 heteroatoms. The monoisotopic (exact) mass is 293 g/mol. The molecule has 0 aliphatic heterocycles. The molecule has 18 heavy (non-hydrogen) atoms. The van der Waals surface area contributed by atoms with Crippen LogP contribution in [0.4, 0.5) is 4.39 Å². The van der Waals surface area contributed by atoms with E-state index in [-0.39, 0.29) is 22.7 Å². The summed E-state index contributed by atoms with van der Waals surface area (Å²) in [6, 6.07) is 3.31. The fourth-order valence-electron chi connectivity index (χ4n) is 1.47. The van der Waals surface area contributed by atoms with E-state index < -0.39 is 15.8 Å². The maximum Gasteiger partial charge on any atom is 0.241 e. The van der Waals surface area contributed by atoms with E-state index >= 15 is 0 Å². The Morgan fingerprint density at radius 2 is 2.00 bits per heavy atom. The average Bonchev–Trinajstić information content (AvgIpc) is 2.28. The lowest BCUT2D eigenvalue weighted by Gasteiger charge is -2.20. The van der Waals surface area contributed by atoms with Crippen molar-refractivity contribution in [2.75, 3.05) is 5.88 Å². The smallest absolute Gasteiger partial charge is 0.207 e. The number of hydrogen-bond acceptors (Lipinski definition) is 2. The molecule has 1 aromatic rings. The van der Waals surface area contributed by atoms with E-state index in [9.17, 15) is 12.8 Å². The summed E-state index contributed by atoms with van der Waals surface area (Å²) in [6.45, 7) is 5.36. The number of rotatable bonds is 5. The van der Waals surface area contributed by atoms with Crippen molar-refractivity contribution in [1.29, 1.82) is 0 Å². The SMILES string of the molecule is Cc1ccc(F)cc1S(=O)(=O)NC(CCl)C(C)C. The highest BCUT2D eigenvalue weighted by atomic mass is 35.5. The van der Waals surface area contributed by atoms with Crippen LogP contribution in [-0.4, -0.2) is 20.3 Å². The molecule has 0 aliphatic rings. The Morgan fingerprint density at radius 1 is 1.39 bits per heavy atom. The molecule has 0 amide bonds. The number of alkyl halides is 1. The molecular weight excluding hydrogens is 277 g/mol. The zero-order chi connectivity index (χ0) is 13.9. The third kappa shape index (κ3) is 3.67. The fraction of sp³-hybridized carbons (Fsp3) is 0.500. The molecule has 102 valence electrons. The second kappa shape index (κ2) is 5.99. The van der Waals surface area contributed by atoms with Gasteiger partial charge in [-0.05, 0) is 30.5 Å². The van der Waals surface area contributed by atoms with Gasteiger partial charge < -0.3 is 0 Å². The maximum absolute atomic E-state index is 13.1. The molecule has 0 saturated carbocycles. The van der Waals surface area contributed by atoms with E-state index in [0.29, 0.717) is 5.56 Å². The van der Waals surface area contributed by atoms with E-state index in [1.165, 1.54) is 12.1 Å². The summed E-state index contributed by atoms with van der Waals surface area (Å²) in [7, 11) is -3.74. The molecule has 3 nitrogen and oxygen atoms in total. The number of nitrogens with one attached hydrogen (secondary N) is 1. The van der Waals surface area contributed by atoms with Crippen molar-refractivity contribution in [3.8, 4) is 0 Å². The Balaban J connectivity index is 3.10. The zero-order valence-corrected chi connectivity index (χ0v) is 12.1. The highest BCUT2D eigenvalue weighted by Crippen LogP contribution is 2.18. The van der Waals surface area contributed by atoms with Crippen LogP contribution < -0.4 is 4.72 Å². The average molecular weight is 294 g/mol. The fourth-order valence-corrected chi connectivity index (χ4v) is 3.64. The van der Waals surface area contributed by atoms with Crippen LogP contribution in [0.5, 0.6) is 0 Å². The maximum atomic E-state index is 13.1. The molecule has 0 spiro atoms. The number of halogens is 2. The first kappa shape index (κ1) is 15.4. The molecule has 1 unspecified atom stereocenters. The first-order chi connectivity index (χ1) is 8.27. The van der Waals surface area contributed by atoms with Crippen molar-refractivity contribution >= 4 is 21.6 Å². The predicted molar refractivity (Wildman–Crippen MR) is 70.8 cm³/mol. The number of hydrogen-bond donors (Lipinski definition) is 1. The molecule has 1 rings (SSSR count). The van der Waals surface area contributed by atoms with Gasteiger partial charge in [0.1, 0.15) is 5.82 Å². The normalized spacial score (nSPS) is 13.9. The molecular formula is C12H17ClFNO2S. The minimum absolute atomic E-state index is 0.0433. The van der Waals surface area contributed by atoms with Crippen molar-refractivity contribution < 1.29 is 12.8 Å². The Kier molecular flexibility index (Phi) is 5.13. The lowest BCUT2D eigenvalue weighted by Crippen LogP contribution is -2.40. The van der Waals surface area contributed by atoms with Crippen LogP contribution in [0.1, 0.15) is 19.4 Å². The third-order valence-electron chi connectivity index (χ3n) is 2.72. The van der Waals surface area contributed by atoms with Crippen LogP contribution in [-0.2, 0) is 10.0 Å². The van der Waals surface area contributed by atoms with E-state index in [2.05, 4.69) is 4.72 Å². The van der Waals surface area contributed by atoms with Crippen molar-refractivity contribution in [3.05, 3.63) is 29.6 Å². The Hall–Kier alpha value is -0.650. The van der Waals surface area contributed by atoms with Crippen molar-refractivity contribution in [2.45, 2.75) is 31.7 Å². The molecule has 0 radical (unpaired) electrons. The minimum atomic E-state index is -3.74. The van der Waals surface area contributed by atoms with Crippen molar-refractivity contribution in [3.63, 3.8) is 0 Å². The first-order valence-corrected chi connectivity index (χ1v) is 7.64. The summed E-state index contributed by atoms with van der Waals surface area (Å²) in [6.07, 6.45) is 0. The Morgan fingerprint density at radius 3 is 2.50 bits per heavy atom. The molecule has 0 heterocycles. The van der Waals surface area contributed by atoms with E-state index in [4.69, 9.17) is 11.6 Å². The quantitative estimate of drug-likeness (QED) is 0.849. The van der Waals surface area contributed by atoms with Gasteiger partial charge in [-0.3, -0.25) is 0 Å². The molecule has 0 aromatic heterocycles. The molecule has 1 N–H and O–H groups in total. The van der Waals surface area contributed by atoms with Crippen LogP contribution in [0.2, 0.25) is 0 Å². The van der Waals surface area contributed by atoms with Gasteiger partial charge in [0, 0.05) is 11.9 Å². The summed E-state index contributed by atoms with van der Waals surface area (Å²) in [5, 5.41) is 0. The third-order valence-corrected chi connectivity index (χ3v) is 4.68. The Bertz CT molecular complexity index is 517. The van der Waals surface area contributed by atoms with Gasteiger partial charge in [0.25, 0.3) is 0 Å². The lowest BCUT2D eigenvalue weighted by molar-refractivity contribution is 0.479. The lowest BCUT2D eigenvalue weighted by atomic mass is 10.1. The van der Waals surface area contributed by atoms with Gasteiger partial charge in [0.2, 0.25) is 10.0 Å². The summed E-state index contributed by atoms with van der Waals surface area (Å²) in [4.78, 5) is -0.0433. The van der Waals surface area contributed by atoms with Gasteiger partial charge in [-0.25, -0.2) is 17.5 Å². The van der Waals surface area contributed by atoms with E-state index in [0.717, 1.165) is 6.07 Å². The minimum Gasteiger partial charge on any atom is -0.207 e. The van der Waals surface area contributed by atoms with Crippen molar-refractivity contribution in [2.24, 2.45) is 5.92 Å². The van der Waals surface area contributed by atoms with Crippen LogP contribution >= 0.6 is 11.6 Å². The van der Waals surface area contributed by atoms with Gasteiger partial charge in [0.15, 0.2) is 0 Å². The van der Waals surface area contributed by atoms with Gasteiger partial charge in [-0.1, -0.05) is 19.9 Å². The standard InChI is InChI=1S/C12H17ClFNO2S/c1-8(2)11(7-13)15-18(16,17)12-6-10(14)5-4-9(12)3/h4-6,8,11,15H,7H2,1-3H3. The molecule has 1 aromatic carbocycles. The van der Waals surface area contributed by atoms with Gasteiger partial charge in [-0.2, -0.15) is 0 Å². The van der Waals surface area contributed by atoms with Gasteiger partial charge >= 0.3 is 0 Å². The zero-order valence-electron chi connectivity index (χ0n) is 10.6. The number of benzene rings is 1. The predicted octanol–water partition coefficient (Wildman–Crippen LogP) is 2.68. The highest BCUT2D eigenvalue weighted by Gasteiger charge is 2.23. The van der Waals surface area contributed by atoms with Crippen LogP contribution in [0, 0.1) is 18.7 Å². The summed E-state index contributed by atoms with van der Waals surface area (Å²) >= 11 is 5.73. The van der Waals surface area contributed by atoms with Crippen LogP contribution in [0.3, 0.4) is 0 Å². The van der Waals surface area contributed by atoms with Crippen LogP contribution in [0.15, 0.2) is 23.1 Å². The second-order valence-corrected chi connectivity index (χ2v) is 6.53. The Labute approximate surface area is 112 Å². The molecule has 0 bridgehead atoms. The second-order valence-electron chi connectivity index (χ2n) is 4.54. The molecule has 0 saturated heterocycles. The topological polar surface area (TPSA) is 46.2 Å². The van der Waals surface area contributed by atoms with E-state index in [1.54, 1.807) is 6.92 Å². The van der Waals surface area contributed by atoms with Crippen molar-refractivity contribution in [1.82, 2.24) is 4.72 Å². The van der Waals surface area contributed by atoms with Gasteiger partial charge in [0.05, 0.1) is 4.90 Å². The highest BCUT2D eigenvalue weighted by molar-refractivity contribution is 7.89. The van der Waals surface area contributed by atoms with E-state index in [1.807, 2.05) is 13.8 Å². The number of aryl methyl sites for hydroxylation is 1. The molecule has 0 fully saturated rings. The largest absolute Gasteiger partial charge is 0.241 e. The summed E-state index contributed by atoms with van der Waals surface area (Å²) < 4.78 is 39.9. The van der Waals surface area contributed by atoms with Crippen LogP contribution in [0.25, 0.3) is 0 Å². The van der Waals surface area contributed by atoms with Gasteiger partial charge in [-0.15, -0.1) is 11.6 Å². The first-order valence-electron chi connectivity index (χ1n) is 5.62. The summed E-state index contributed by atoms with van der Waals surface area (Å²) in [5.74, 6) is -0.343.